The van der Waals surface area contributed by atoms with Crippen LogP contribution in [0.3, 0.4) is 0 Å². The smallest absolute Gasteiger partial charge is 0.350 e. The summed E-state index contributed by atoms with van der Waals surface area (Å²) in [4.78, 5) is 32.9. The maximum atomic E-state index is 14.0. The molecule has 1 aliphatic rings. The van der Waals surface area contributed by atoms with Crippen LogP contribution in [-0.2, 0) is 11.3 Å². The molecule has 0 bridgehead atoms. The van der Waals surface area contributed by atoms with E-state index in [-0.39, 0.29) is 37.3 Å². The predicted octanol–water partition coefficient (Wildman–Crippen LogP) is 6.31. The van der Waals surface area contributed by atoms with E-state index in [0.29, 0.717) is 16.6 Å². The molecule has 44 heavy (non-hydrogen) atoms. The molecule has 17 heteroatoms. The van der Waals surface area contributed by atoms with Crippen molar-refractivity contribution in [3.8, 4) is 0 Å². The van der Waals surface area contributed by atoms with Crippen LogP contribution >= 0.6 is 0 Å². The number of hydrogen-bond donors (Lipinski definition) is 3. The number of hydrogen-bond acceptors (Lipinski definition) is 5. The van der Waals surface area contributed by atoms with Crippen molar-refractivity contribution in [1.29, 1.82) is 0 Å². The molecule has 0 unspecified atom stereocenters. The lowest BCUT2D eigenvalue weighted by Gasteiger charge is -2.33. The molecule has 1 saturated carbocycles. The fourth-order valence-electron chi connectivity index (χ4n) is 5.16. The van der Waals surface area contributed by atoms with Crippen molar-refractivity contribution >= 4 is 22.8 Å². The monoisotopic (exact) mass is 637 g/mol. The number of imidazole rings is 1. The molecule has 0 radical (unpaired) electrons. The lowest BCUT2D eigenvalue weighted by molar-refractivity contribution is -0.144. The number of nitrogens with one attached hydrogen (secondary N) is 3. The minimum atomic E-state index is -4.46. The zero-order chi connectivity index (χ0) is 32.3. The van der Waals surface area contributed by atoms with Crippen molar-refractivity contribution in [2.24, 2.45) is 5.92 Å². The van der Waals surface area contributed by atoms with E-state index in [0.717, 1.165) is 10.9 Å². The second-order valence-corrected chi connectivity index (χ2v) is 11.0. The first-order chi connectivity index (χ1) is 20.5. The normalized spacial score (nSPS) is 17.4. The topological polar surface area (TPSA) is 118 Å². The minimum absolute atomic E-state index is 0.0598. The molecule has 3 N–H and O–H groups in total. The van der Waals surface area contributed by atoms with E-state index < -0.39 is 80.2 Å². The van der Waals surface area contributed by atoms with Gasteiger partial charge < -0.3 is 15.6 Å². The van der Waals surface area contributed by atoms with Gasteiger partial charge in [0.15, 0.2) is 0 Å². The standard InChI is InChI=1S/C27H31F8N7O2/c1-15(37-21(43)7-11-27(33,34)35)17-3-4-18-19(13-17)39-23(38-18)22(16-5-9-25(28,29)10-6-16)40-24(44)20-14-36-41-42(20)12-2-8-26(30,31)32/h3-4,13-16,22H,2,5-12H2,1H3,(H,37,43)(H,38,39)(H,40,44)/t15-,22+/m1/s1. The summed E-state index contributed by atoms with van der Waals surface area (Å²) in [7, 11) is 0. The molecule has 242 valence electrons. The maximum absolute atomic E-state index is 14.0. The molecule has 0 saturated heterocycles. The van der Waals surface area contributed by atoms with Gasteiger partial charge in [0.05, 0.1) is 35.7 Å². The van der Waals surface area contributed by atoms with Gasteiger partial charge in [0.1, 0.15) is 11.5 Å². The largest absolute Gasteiger partial charge is 0.389 e. The lowest BCUT2D eigenvalue weighted by atomic mass is 9.81. The van der Waals surface area contributed by atoms with E-state index in [4.69, 9.17) is 0 Å². The second kappa shape index (κ2) is 13.1. The number of benzene rings is 1. The molecule has 9 nitrogen and oxygen atoms in total. The molecule has 2 heterocycles. The molecular weight excluding hydrogens is 606 g/mol. The van der Waals surface area contributed by atoms with Crippen LogP contribution in [0.25, 0.3) is 11.0 Å². The fraction of sp³-hybridized carbons (Fsp3) is 0.593. The van der Waals surface area contributed by atoms with Crippen molar-refractivity contribution in [2.45, 2.75) is 95.2 Å². The van der Waals surface area contributed by atoms with Crippen LogP contribution < -0.4 is 10.6 Å². The Bertz CT molecular complexity index is 1440. The predicted molar refractivity (Wildman–Crippen MR) is 140 cm³/mol. The van der Waals surface area contributed by atoms with Crippen molar-refractivity contribution in [2.75, 3.05) is 0 Å². The molecule has 1 aromatic carbocycles. The summed E-state index contributed by atoms with van der Waals surface area (Å²) in [5.41, 5.74) is 1.36. The highest BCUT2D eigenvalue weighted by Gasteiger charge is 2.40. The second-order valence-electron chi connectivity index (χ2n) is 11.0. The van der Waals surface area contributed by atoms with E-state index in [9.17, 15) is 44.7 Å². The molecule has 0 aliphatic heterocycles. The van der Waals surface area contributed by atoms with E-state index >= 15 is 0 Å². The Labute approximate surface area is 246 Å². The SMILES string of the molecule is C[C@@H](NC(=O)CCC(F)(F)F)c1ccc2nc([C@@H](NC(=O)c3cnnn3CCCC(F)(F)F)C3CCC(F)(F)CC3)[nH]c2c1. The zero-order valence-electron chi connectivity index (χ0n) is 23.5. The Morgan fingerprint density at radius 1 is 1.07 bits per heavy atom. The van der Waals surface area contributed by atoms with Crippen molar-refractivity contribution in [3.63, 3.8) is 0 Å². The maximum Gasteiger partial charge on any atom is 0.389 e. The number of rotatable bonds is 11. The van der Waals surface area contributed by atoms with Gasteiger partial charge in [0.2, 0.25) is 11.8 Å². The number of H-pyrrole nitrogens is 1. The third kappa shape index (κ3) is 9.11. The first-order valence-electron chi connectivity index (χ1n) is 14.0. The summed E-state index contributed by atoms with van der Waals surface area (Å²) >= 11 is 0. The van der Waals surface area contributed by atoms with Crippen molar-refractivity contribution < 1.29 is 44.7 Å². The van der Waals surface area contributed by atoms with Crippen LogP contribution in [0.1, 0.15) is 92.3 Å². The van der Waals surface area contributed by atoms with Gasteiger partial charge in [-0.25, -0.2) is 18.4 Å². The molecular formula is C27H31F8N7O2. The van der Waals surface area contributed by atoms with Gasteiger partial charge in [-0.1, -0.05) is 11.3 Å². The highest BCUT2D eigenvalue weighted by atomic mass is 19.4. The van der Waals surface area contributed by atoms with Crippen LogP contribution in [0.2, 0.25) is 0 Å². The van der Waals surface area contributed by atoms with Gasteiger partial charge in [-0.3, -0.25) is 9.59 Å². The molecule has 2 atom stereocenters. The summed E-state index contributed by atoms with van der Waals surface area (Å²) in [5, 5.41) is 12.6. The fourth-order valence-corrected chi connectivity index (χ4v) is 5.16. The lowest BCUT2D eigenvalue weighted by Crippen LogP contribution is -2.38. The molecule has 1 aliphatic carbocycles. The number of halogens is 8. The highest BCUT2D eigenvalue weighted by Crippen LogP contribution is 2.41. The number of aryl methyl sites for hydroxylation is 1. The quantitative estimate of drug-likeness (QED) is 0.213. The number of aromatic amines is 1. The summed E-state index contributed by atoms with van der Waals surface area (Å²) in [6, 6.07) is 3.34. The highest BCUT2D eigenvalue weighted by molar-refractivity contribution is 5.92. The van der Waals surface area contributed by atoms with Gasteiger partial charge in [0, 0.05) is 32.2 Å². The Hall–Kier alpha value is -3.79. The summed E-state index contributed by atoms with van der Waals surface area (Å²) in [6.07, 6.45) is -11.8. The number of carbonyl (C=O) groups is 2. The number of aromatic nitrogens is 5. The number of nitrogens with zero attached hydrogens (tertiary/aromatic N) is 4. The minimum Gasteiger partial charge on any atom is -0.350 e. The summed E-state index contributed by atoms with van der Waals surface area (Å²) in [5.74, 6) is -4.56. The molecule has 4 rings (SSSR count). The average molecular weight is 638 g/mol. The Kier molecular flexibility index (Phi) is 9.83. The number of fused-ring (bicyclic) bond motifs is 1. The van der Waals surface area contributed by atoms with Crippen LogP contribution in [0, 0.1) is 5.92 Å². The average Bonchev–Trinajstić information content (AvgIpc) is 3.56. The summed E-state index contributed by atoms with van der Waals surface area (Å²) < 4.78 is 104. The molecule has 3 aromatic rings. The van der Waals surface area contributed by atoms with Gasteiger partial charge in [-0.2, -0.15) is 26.3 Å². The Balaban J connectivity index is 1.54. The third-order valence-corrected chi connectivity index (χ3v) is 7.53. The molecule has 0 spiro atoms. The van der Waals surface area contributed by atoms with Crippen LogP contribution in [0.5, 0.6) is 0 Å². The molecule has 2 aromatic heterocycles. The van der Waals surface area contributed by atoms with Crippen LogP contribution in [-0.4, -0.2) is 55.1 Å². The van der Waals surface area contributed by atoms with Crippen molar-refractivity contribution in [1.82, 2.24) is 35.6 Å². The van der Waals surface area contributed by atoms with E-state index in [1.807, 2.05) is 0 Å². The molecule has 1 fully saturated rings. The van der Waals surface area contributed by atoms with Gasteiger partial charge in [-0.15, -0.1) is 5.10 Å². The first kappa shape index (κ1) is 33.1. The van der Waals surface area contributed by atoms with Crippen molar-refractivity contribution in [3.05, 3.63) is 41.5 Å². The molecule has 2 amide bonds. The van der Waals surface area contributed by atoms with Gasteiger partial charge in [0.25, 0.3) is 5.91 Å². The van der Waals surface area contributed by atoms with Gasteiger partial charge in [-0.05, 0) is 49.8 Å². The summed E-state index contributed by atoms with van der Waals surface area (Å²) in [6.45, 7) is 1.38. The Morgan fingerprint density at radius 2 is 1.75 bits per heavy atom. The number of amides is 2. The number of carbonyl (C=O) groups excluding carboxylic acids is 2. The first-order valence-corrected chi connectivity index (χ1v) is 14.0. The van der Waals surface area contributed by atoms with E-state index in [2.05, 4.69) is 30.9 Å². The van der Waals surface area contributed by atoms with E-state index in [1.54, 1.807) is 25.1 Å². The third-order valence-electron chi connectivity index (χ3n) is 7.53. The Morgan fingerprint density at radius 3 is 2.41 bits per heavy atom. The van der Waals surface area contributed by atoms with Crippen LogP contribution in [0.15, 0.2) is 24.4 Å². The van der Waals surface area contributed by atoms with Crippen LogP contribution in [0.4, 0.5) is 35.1 Å². The zero-order valence-corrected chi connectivity index (χ0v) is 23.5. The van der Waals surface area contributed by atoms with Gasteiger partial charge >= 0.3 is 12.4 Å². The number of alkyl halides is 8. The van der Waals surface area contributed by atoms with E-state index in [1.165, 1.54) is 0 Å².